The Hall–Kier alpha value is -3.72. The van der Waals surface area contributed by atoms with Crippen LogP contribution >= 0.6 is 11.3 Å². The molecule has 162 valence electrons. The van der Waals surface area contributed by atoms with Crippen LogP contribution in [0, 0.1) is 0 Å². The molecule has 1 heterocycles. The molecule has 0 atom stereocenters. The topological polar surface area (TPSA) is 66.9 Å². The number of anilines is 2. The number of hydrogen-bond acceptors (Lipinski definition) is 5. The first-order valence-corrected chi connectivity index (χ1v) is 10.4. The molecule has 0 bridgehead atoms. The second-order valence-electron chi connectivity index (χ2n) is 6.86. The number of nitrogens with one attached hydrogen (secondary N) is 2. The van der Waals surface area contributed by atoms with Crippen molar-refractivity contribution in [3.8, 4) is 10.6 Å². The van der Waals surface area contributed by atoms with Gasteiger partial charge in [0.2, 0.25) is 5.13 Å². The number of aromatic nitrogens is 2. The number of alkyl halides is 3. The van der Waals surface area contributed by atoms with Crippen molar-refractivity contribution < 1.29 is 18.0 Å². The van der Waals surface area contributed by atoms with Crippen molar-refractivity contribution in [3.63, 3.8) is 0 Å². The lowest BCUT2D eigenvalue weighted by molar-refractivity contribution is -0.137. The van der Waals surface area contributed by atoms with Gasteiger partial charge in [0.25, 0.3) is 5.91 Å². The van der Waals surface area contributed by atoms with E-state index in [2.05, 4.69) is 20.8 Å². The summed E-state index contributed by atoms with van der Waals surface area (Å²) < 4.78 is 38.0. The summed E-state index contributed by atoms with van der Waals surface area (Å²) in [7, 11) is 0. The molecule has 0 saturated heterocycles. The predicted octanol–water partition coefficient (Wildman–Crippen LogP) is 6.09. The van der Waals surface area contributed by atoms with Crippen molar-refractivity contribution >= 4 is 28.1 Å². The van der Waals surface area contributed by atoms with Crippen LogP contribution in [0.3, 0.4) is 0 Å². The average Bonchev–Trinajstić information content (AvgIpc) is 3.27. The predicted molar refractivity (Wildman–Crippen MR) is 119 cm³/mol. The lowest BCUT2D eigenvalue weighted by atomic mass is 10.1. The summed E-state index contributed by atoms with van der Waals surface area (Å²) in [5.74, 6) is -0.491. The van der Waals surface area contributed by atoms with Gasteiger partial charge in [-0.25, -0.2) is 0 Å². The first kappa shape index (κ1) is 21.5. The maximum Gasteiger partial charge on any atom is 0.416 e. The summed E-state index contributed by atoms with van der Waals surface area (Å²) in [5, 5.41) is 15.7. The summed E-state index contributed by atoms with van der Waals surface area (Å²) in [6.45, 7) is 0.643. The van der Waals surface area contributed by atoms with Crippen LogP contribution in [0.5, 0.6) is 0 Å². The van der Waals surface area contributed by atoms with Gasteiger partial charge in [0.15, 0.2) is 0 Å². The Kier molecular flexibility index (Phi) is 6.18. The first-order valence-electron chi connectivity index (χ1n) is 9.59. The number of rotatable bonds is 6. The van der Waals surface area contributed by atoms with E-state index in [4.69, 9.17) is 0 Å². The fraction of sp³-hybridized carbons (Fsp3) is 0.0870. The summed E-state index contributed by atoms with van der Waals surface area (Å²) in [6.07, 6.45) is -4.44. The van der Waals surface area contributed by atoms with E-state index in [9.17, 15) is 18.0 Å². The number of nitrogens with zero attached hydrogens (tertiary/aromatic N) is 2. The quantitative estimate of drug-likeness (QED) is 0.370. The third kappa shape index (κ3) is 5.30. The van der Waals surface area contributed by atoms with E-state index >= 15 is 0 Å². The molecule has 5 nitrogen and oxygen atoms in total. The van der Waals surface area contributed by atoms with Gasteiger partial charge in [-0.1, -0.05) is 41.7 Å². The fourth-order valence-electron chi connectivity index (χ4n) is 2.89. The zero-order valence-corrected chi connectivity index (χ0v) is 17.4. The number of carbonyl (C=O) groups excluding carboxylic acids is 1. The van der Waals surface area contributed by atoms with Gasteiger partial charge < -0.3 is 10.6 Å². The van der Waals surface area contributed by atoms with Crippen molar-refractivity contribution in [2.45, 2.75) is 12.7 Å². The Labute approximate surface area is 186 Å². The van der Waals surface area contributed by atoms with Crippen molar-refractivity contribution in [3.05, 3.63) is 95.6 Å². The lowest BCUT2D eigenvalue weighted by Gasteiger charge is -2.08. The minimum absolute atomic E-state index is 0.139. The smallest absolute Gasteiger partial charge is 0.356 e. The molecule has 0 aliphatic carbocycles. The first-order chi connectivity index (χ1) is 15.4. The normalized spacial score (nSPS) is 11.2. The molecule has 0 spiro atoms. The van der Waals surface area contributed by atoms with Crippen molar-refractivity contribution in [2.24, 2.45) is 0 Å². The Balaban J connectivity index is 1.37. The molecule has 2 N–H and O–H groups in total. The van der Waals surface area contributed by atoms with Crippen LogP contribution in [0.2, 0.25) is 0 Å². The maximum atomic E-state index is 12.7. The highest BCUT2D eigenvalue weighted by molar-refractivity contribution is 7.18. The highest BCUT2D eigenvalue weighted by Crippen LogP contribution is 2.30. The molecule has 0 aliphatic rings. The SMILES string of the molecule is O=C(Nc1ccc(-c2nnc(NCc3ccccc3)s2)cc1)c1ccc(C(F)(F)F)cc1. The zero-order chi connectivity index (χ0) is 22.6. The van der Waals surface area contributed by atoms with Crippen LogP contribution in [-0.2, 0) is 12.7 Å². The van der Waals surface area contributed by atoms with Crippen LogP contribution in [0.25, 0.3) is 10.6 Å². The number of amides is 1. The second kappa shape index (κ2) is 9.19. The standard InChI is InChI=1S/C23H17F3N4OS/c24-23(25,26)18-10-6-16(7-11-18)20(31)28-19-12-8-17(9-13-19)21-29-30-22(32-21)27-14-15-4-2-1-3-5-15/h1-13H,14H2,(H,27,30)(H,28,31). The largest absolute Gasteiger partial charge is 0.416 e. The van der Waals surface area contributed by atoms with E-state index < -0.39 is 17.6 Å². The molecule has 9 heteroatoms. The monoisotopic (exact) mass is 454 g/mol. The summed E-state index contributed by atoms with van der Waals surface area (Å²) in [6, 6.07) is 21.0. The van der Waals surface area contributed by atoms with Gasteiger partial charge in [0.05, 0.1) is 5.56 Å². The molecule has 1 amide bonds. The lowest BCUT2D eigenvalue weighted by Crippen LogP contribution is -2.12. The molecule has 0 unspecified atom stereocenters. The summed E-state index contributed by atoms with van der Waals surface area (Å²) in [5.41, 5.74) is 1.83. The second-order valence-corrected chi connectivity index (χ2v) is 7.84. The molecular formula is C23H17F3N4OS. The van der Waals surface area contributed by atoms with Crippen LogP contribution < -0.4 is 10.6 Å². The van der Waals surface area contributed by atoms with Crippen LogP contribution in [0.4, 0.5) is 24.0 Å². The molecule has 4 rings (SSSR count). The van der Waals surface area contributed by atoms with Gasteiger partial charge in [-0.3, -0.25) is 4.79 Å². The van der Waals surface area contributed by atoms with E-state index in [0.717, 1.165) is 40.4 Å². The molecule has 1 aromatic heterocycles. The maximum absolute atomic E-state index is 12.7. The third-order valence-corrected chi connectivity index (χ3v) is 5.51. The van der Waals surface area contributed by atoms with Gasteiger partial charge in [-0.2, -0.15) is 13.2 Å². The molecule has 0 saturated carbocycles. The van der Waals surface area contributed by atoms with E-state index in [0.29, 0.717) is 17.4 Å². The van der Waals surface area contributed by atoms with E-state index in [1.807, 2.05) is 30.3 Å². The number of halogens is 3. The van der Waals surface area contributed by atoms with Crippen molar-refractivity contribution in [1.82, 2.24) is 10.2 Å². The summed E-state index contributed by atoms with van der Waals surface area (Å²) >= 11 is 1.41. The Morgan fingerprint density at radius 3 is 2.22 bits per heavy atom. The molecular weight excluding hydrogens is 437 g/mol. The molecule has 32 heavy (non-hydrogen) atoms. The van der Waals surface area contributed by atoms with Gasteiger partial charge in [0, 0.05) is 23.4 Å². The van der Waals surface area contributed by atoms with Crippen LogP contribution in [0.15, 0.2) is 78.9 Å². The number of carbonyl (C=O) groups is 1. The van der Waals surface area contributed by atoms with Crippen molar-refractivity contribution in [1.29, 1.82) is 0 Å². The third-order valence-electron chi connectivity index (χ3n) is 4.58. The van der Waals surface area contributed by atoms with E-state index in [1.54, 1.807) is 24.3 Å². The summed E-state index contributed by atoms with van der Waals surface area (Å²) in [4.78, 5) is 12.3. The molecule has 0 radical (unpaired) electrons. The number of benzene rings is 3. The molecule has 3 aromatic carbocycles. The van der Waals surface area contributed by atoms with Gasteiger partial charge >= 0.3 is 6.18 Å². The van der Waals surface area contributed by atoms with Crippen molar-refractivity contribution in [2.75, 3.05) is 10.6 Å². The number of hydrogen-bond donors (Lipinski definition) is 2. The minimum Gasteiger partial charge on any atom is -0.356 e. The van der Waals surface area contributed by atoms with Crippen LogP contribution in [-0.4, -0.2) is 16.1 Å². The Bertz CT molecular complexity index is 1190. The Morgan fingerprint density at radius 2 is 1.56 bits per heavy atom. The molecule has 0 aliphatic heterocycles. The van der Waals surface area contributed by atoms with Gasteiger partial charge in [-0.15, -0.1) is 10.2 Å². The molecule has 0 fully saturated rings. The molecule has 4 aromatic rings. The average molecular weight is 454 g/mol. The fourth-order valence-corrected chi connectivity index (χ4v) is 3.64. The Morgan fingerprint density at radius 1 is 0.875 bits per heavy atom. The minimum atomic E-state index is -4.44. The van der Waals surface area contributed by atoms with E-state index in [-0.39, 0.29) is 5.56 Å². The van der Waals surface area contributed by atoms with Crippen LogP contribution in [0.1, 0.15) is 21.5 Å². The highest BCUT2D eigenvalue weighted by Gasteiger charge is 2.30. The van der Waals surface area contributed by atoms with E-state index in [1.165, 1.54) is 11.3 Å². The van der Waals surface area contributed by atoms with Gasteiger partial charge in [0.1, 0.15) is 5.01 Å². The highest BCUT2D eigenvalue weighted by atomic mass is 32.1. The zero-order valence-electron chi connectivity index (χ0n) is 16.6. The van der Waals surface area contributed by atoms with Gasteiger partial charge in [-0.05, 0) is 54.1 Å².